The molecule has 196 valence electrons. The molecule has 1 N–H and O–H groups in total. The molecule has 5 rings (SSSR count). The average Bonchev–Trinajstić information content (AvgIpc) is 2.93. The van der Waals surface area contributed by atoms with Crippen molar-refractivity contribution < 1.29 is 22.7 Å². The van der Waals surface area contributed by atoms with Gasteiger partial charge in [0, 0.05) is 56.4 Å². The largest absolute Gasteiger partial charge is 0.416 e. The minimum atomic E-state index is -4.41. The third-order valence-corrected chi connectivity index (χ3v) is 7.13. The number of benzene rings is 2. The van der Waals surface area contributed by atoms with Gasteiger partial charge in [0.15, 0.2) is 5.82 Å². The van der Waals surface area contributed by atoms with Crippen molar-refractivity contribution in [1.82, 2.24) is 20.3 Å². The van der Waals surface area contributed by atoms with Gasteiger partial charge in [0.1, 0.15) is 0 Å². The van der Waals surface area contributed by atoms with E-state index in [-0.39, 0.29) is 11.8 Å². The number of nitrogens with zero attached hydrogens (tertiary/aromatic N) is 5. The van der Waals surface area contributed by atoms with E-state index in [0.717, 1.165) is 36.0 Å². The summed E-state index contributed by atoms with van der Waals surface area (Å²) in [4.78, 5) is 17.0. The molecule has 0 radical (unpaired) electrons. The fourth-order valence-electron chi connectivity index (χ4n) is 4.93. The molecule has 0 unspecified atom stereocenters. The second-order valence-corrected chi connectivity index (χ2v) is 9.53. The highest BCUT2D eigenvalue weighted by atomic mass is 19.4. The average molecular weight is 515 g/mol. The maximum Gasteiger partial charge on any atom is 0.416 e. The zero-order valence-electron chi connectivity index (χ0n) is 20.5. The Morgan fingerprint density at radius 3 is 2.54 bits per heavy atom. The lowest BCUT2D eigenvalue weighted by molar-refractivity contribution is -0.139. The minimum Gasteiger partial charge on any atom is -0.381 e. The molecular formula is C26H29F3N6O2. The zero-order valence-corrected chi connectivity index (χ0v) is 20.5. The van der Waals surface area contributed by atoms with Crippen molar-refractivity contribution in [3.05, 3.63) is 53.6 Å². The Hall–Kier alpha value is -3.47. The predicted octanol–water partition coefficient (Wildman–Crippen LogP) is 4.29. The molecule has 0 spiro atoms. The number of carbonyl (C=O) groups excluding carboxylic acids is 1. The summed E-state index contributed by atoms with van der Waals surface area (Å²) in [6.45, 7) is 5.78. The van der Waals surface area contributed by atoms with E-state index in [1.807, 2.05) is 23.1 Å². The van der Waals surface area contributed by atoms with E-state index in [4.69, 9.17) is 4.74 Å². The van der Waals surface area contributed by atoms with Crippen LogP contribution in [0, 0.1) is 5.92 Å². The van der Waals surface area contributed by atoms with E-state index in [1.165, 1.54) is 6.07 Å². The first-order chi connectivity index (χ1) is 17.8. The van der Waals surface area contributed by atoms with Crippen molar-refractivity contribution in [2.24, 2.45) is 5.92 Å². The smallest absolute Gasteiger partial charge is 0.381 e. The topological polar surface area (TPSA) is 83.5 Å². The molecule has 1 aromatic heterocycles. The highest BCUT2D eigenvalue weighted by Gasteiger charge is 2.31. The van der Waals surface area contributed by atoms with Gasteiger partial charge in [-0.1, -0.05) is 12.1 Å². The van der Waals surface area contributed by atoms with Crippen molar-refractivity contribution in [1.29, 1.82) is 0 Å². The standard InChI is InChI=1S/C26H29F3N6O2/c1-17(19-3-2-4-20(15-19)26(27,28)29)30-24-22-16-21(5-6-23(22)31-33-32-24)34-9-11-35(12-10-34)25(36)18-7-13-37-14-8-18/h2-6,15-18H,7-14H2,1H3,(H,30,31,32)/t17-/m1/s1. The van der Waals surface area contributed by atoms with Crippen LogP contribution in [0.2, 0.25) is 0 Å². The number of ether oxygens (including phenoxy) is 1. The van der Waals surface area contributed by atoms with Gasteiger partial charge in [-0.3, -0.25) is 4.79 Å². The third kappa shape index (κ3) is 5.61. The van der Waals surface area contributed by atoms with Crippen LogP contribution in [0.5, 0.6) is 0 Å². The van der Waals surface area contributed by atoms with Crippen LogP contribution in [-0.4, -0.2) is 65.6 Å². The van der Waals surface area contributed by atoms with Crippen LogP contribution in [0.15, 0.2) is 42.5 Å². The van der Waals surface area contributed by atoms with Gasteiger partial charge >= 0.3 is 6.18 Å². The molecule has 1 amide bonds. The summed E-state index contributed by atoms with van der Waals surface area (Å²) < 4.78 is 44.9. The van der Waals surface area contributed by atoms with Gasteiger partial charge in [-0.05, 0) is 60.9 Å². The van der Waals surface area contributed by atoms with Gasteiger partial charge < -0.3 is 19.9 Å². The Balaban J connectivity index is 1.30. The van der Waals surface area contributed by atoms with Crippen LogP contribution in [-0.2, 0) is 15.7 Å². The second-order valence-electron chi connectivity index (χ2n) is 9.53. The molecule has 2 aliphatic rings. The Morgan fingerprint density at radius 2 is 1.81 bits per heavy atom. The van der Waals surface area contributed by atoms with E-state index >= 15 is 0 Å². The van der Waals surface area contributed by atoms with Crippen molar-refractivity contribution in [3.8, 4) is 0 Å². The molecular weight excluding hydrogens is 485 g/mol. The van der Waals surface area contributed by atoms with E-state index in [9.17, 15) is 18.0 Å². The van der Waals surface area contributed by atoms with Gasteiger partial charge in [-0.2, -0.15) is 13.2 Å². The fraction of sp³-hybridized carbons (Fsp3) is 0.462. The summed E-state index contributed by atoms with van der Waals surface area (Å²) in [5, 5.41) is 16.0. The first-order valence-electron chi connectivity index (χ1n) is 12.5. The fourth-order valence-corrected chi connectivity index (χ4v) is 4.93. The Bertz CT molecular complexity index is 1260. The van der Waals surface area contributed by atoms with E-state index in [2.05, 4.69) is 25.6 Å². The molecule has 2 fully saturated rings. The van der Waals surface area contributed by atoms with E-state index in [1.54, 1.807) is 13.0 Å². The monoisotopic (exact) mass is 514 g/mol. The van der Waals surface area contributed by atoms with Crippen LogP contribution in [0.25, 0.3) is 10.9 Å². The molecule has 37 heavy (non-hydrogen) atoms. The minimum absolute atomic E-state index is 0.0538. The van der Waals surface area contributed by atoms with E-state index < -0.39 is 17.8 Å². The Labute approximate surface area is 212 Å². The number of halogens is 3. The zero-order chi connectivity index (χ0) is 26.0. The number of hydrogen-bond donors (Lipinski definition) is 1. The molecule has 0 saturated carbocycles. The number of rotatable bonds is 5. The number of nitrogens with one attached hydrogen (secondary N) is 1. The lowest BCUT2D eigenvalue weighted by atomic mass is 9.98. The number of amides is 1. The van der Waals surface area contributed by atoms with Crippen LogP contribution in [0.3, 0.4) is 0 Å². The summed E-state index contributed by atoms with van der Waals surface area (Å²) in [6.07, 6.45) is -2.84. The van der Waals surface area contributed by atoms with E-state index in [0.29, 0.717) is 56.3 Å². The van der Waals surface area contributed by atoms with Crippen molar-refractivity contribution >= 4 is 28.3 Å². The second kappa shape index (κ2) is 10.5. The molecule has 2 saturated heterocycles. The molecule has 2 aliphatic heterocycles. The summed E-state index contributed by atoms with van der Waals surface area (Å²) in [7, 11) is 0. The van der Waals surface area contributed by atoms with Crippen LogP contribution >= 0.6 is 0 Å². The lowest BCUT2D eigenvalue weighted by Crippen LogP contribution is -2.51. The number of anilines is 2. The van der Waals surface area contributed by atoms with Gasteiger partial charge in [0.05, 0.1) is 17.1 Å². The lowest BCUT2D eigenvalue weighted by Gasteiger charge is -2.38. The van der Waals surface area contributed by atoms with Gasteiger partial charge in [0.2, 0.25) is 5.91 Å². The number of piperazine rings is 1. The summed E-state index contributed by atoms with van der Waals surface area (Å²) in [5.74, 6) is 0.721. The first kappa shape index (κ1) is 25.2. The molecule has 0 bridgehead atoms. The van der Waals surface area contributed by atoms with Gasteiger partial charge in [-0.15, -0.1) is 10.2 Å². The highest BCUT2D eigenvalue weighted by Crippen LogP contribution is 2.32. The van der Waals surface area contributed by atoms with Crippen molar-refractivity contribution in [3.63, 3.8) is 0 Å². The number of fused-ring (bicyclic) bond motifs is 1. The number of aromatic nitrogens is 3. The highest BCUT2D eigenvalue weighted by molar-refractivity contribution is 5.91. The third-order valence-electron chi connectivity index (χ3n) is 7.13. The molecule has 3 aromatic rings. The molecule has 0 aliphatic carbocycles. The van der Waals surface area contributed by atoms with Crippen LogP contribution in [0.1, 0.15) is 36.9 Å². The maximum absolute atomic E-state index is 13.2. The summed E-state index contributed by atoms with van der Waals surface area (Å²) >= 11 is 0. The maximum atomic E-state index is 13.2. The molecule has 11 heteroatoms. The van der Waals surface area contributed by atoms with Gasteiger partial charge in [-0.25, -0.2) is 0 Å². The molecule has 3 heterocycles. The number of hydrogen-bond acceptors (Lipinski definition) is 7. The molecule has 1 atom stereocenters. The normalized spacial score (nSPS) is 18.2. The van der Waals surface area contributed by atoms with Crippen LogP contribution in [0.4, 0.5) is 24.7 Å². The summed E-state index contributed by atoms with van der Waals surface area (Å²) in [5.41, 5.74) is 1.39. The predicted molar refractivity (Wildman–Crippen MR) is 133 cm³/mol. The molecule has 8 nitrogen and oxygen atoms in total. The SMILES string of the molecule is C[C@@H](Nc1nnnc2ccc(N3CCN(C(=O)C4CCOCC4)CC3)cc12)c1cccc(C(F)(F)F)c1. The van der Waals surface area contributed by atoms with Crippen molar-refractivity contribution in [2.45, 2.75) is 32.0 Å². The Morgan fingerprint density at radius 1 is 1.05 bits per heavy atom. The van der Waals surface area contributed by atoms with Crippen molar-refractivity contribution in [2.75, 3.05) is 49.6 Å². The van der Waals surface area contributed by atoms with Crippen LogP contribution < -0.4 is 10.2 Å². The molecule has 2 aromatic carbocycles. The first-order valence-corrected chi connectivity index (χ1v) is 12.5. The summed E-state index contributed by atoms with van der Waals surface area (Å²) in [6, 6.07) is 10.6. The quantitative estimate of drug-likeness (QED) is 0.544. The van der Waals surface area contributed by atoms with Gasteiger partial charge in [0.25, 0.3) is 0 Å². The number of carbonyl (C=O) groups is 1. The number of alkyl halides is 3. The Kier molecular flexibility index (Phi) is 7.14.